The first-order valence-electron chi connectivity index (χ1n) is 8.56. The zero-order chi connectivity index (χ0) is 18.7. The second kappa shape index (κ2) is 7.82. The minimum absolute atomic E-state index is 0.0282. The molecule has 1 saturated carbocycles. The number of nitrogens with zero attached hydrogens (tertiary/aromatic N) is 2. The molecule has 0 bridgehead atoms. The van der Waals surface area contributed by atoms with Gasteiger partial charge in [0, 0.05) is 35.3 Å². The van der Waals surface area contributed by atoms with Crippen molar-refractivity contribution >= 4 is 39.0 Å². The fraction of sp³-hybridized carbons (Fsp3) is 0.444. The van der Waals surface area contributed by atoms with E-state index in [1.807, 2.05) is 0 Å². The Kier molecular flexibility index (Phi) is 5.51. The van der Waals surface area contributed by atoms with Crippen molar-refractivity contribution in [3.05, 3.63) is 39.3 Å². The monoisotopic (exact) mass is 376 g/mol. The summed E-state index contributed by atoms with van der Waals surface area (Å²) >= 11 is 1.19. The molecule has 1 aromatic carbocycles. The van der Waals surface area contributed by atoms with Gasteiger partial charge in [-0.2, -0.15) is 0 Å². The van der Waals surface area contributed by atoms with Gasteiger partial charge in [0.25, 0.3) is 11.6 Å². The molecule has 8 heteroatoms. The number of thiophene rings is 1. The van der Waals surface area contributed by atoms with Gasteiger partial charge >= 0.3 is 5.97 Å². The summed E-state index contributed by atoms with van der Waals surface area (Å²) in [6, 6.07) is 6.21. The third kappa shape index (κ3) is 4.01. The van der Waals surface area contributed by atoms with Crippen LogP contribution in [0.2, 0.25) is 0 Å². The Labute approximate surface area is 154 Å². The zero-order valence-electron chi connectivity index (χ0n) is 14.5. The van der Waals surface area contributed by atoms with Crippen LogP contribution in [-0.2, 0) is 9.53 Å². The second-order valence-corrected chi connectivity index (χ2v) is 7.55. The Morgan fingerprint density at radius 2 is 2.00 bits per heavy atom. The van der Waals surface area contributed by atoms with E-state index in [9.17, 15) is 19.7 Å². The number of esters is 1. The first kappa shape index (κ1) is 18.3. The Morgan fingerprint density at radius 1 is 1.27 bits per heavy atom. The van der Waals surface area contributed by atoms with E-state index in [1.54, 1.807) is 24.1 Å². The summed E-state index contributed by atoms with van der Waals surface area (Å²) in [6.45, 7) is -0.291. The van der Waals surface area contributed by atoms with Crippen LogP contribution >= 0.6 is 11.3 Å². The van der Waals surface area contributed by atoms with E-state index in [1.165, 1.54) is 29.9 Å². The highest BCUT2D eigenvalue weighted by Crippen LogP contribution is 2.29. The van der Waals surface area contributed by atoms with Gasteiger partial charge in [-0.05, 0) is 25.0 Å². The van der Waals surface area contributed by atoms with E-state index in [0.717, 1.165) is 30.4 Å². The standard InChI is InChI=1S/C18H20N2O5S/c1-19(13-5-3-2-4-6-13)17(21)11-25-18(22)16-10-12-9-14(20(23)24)7-8-15(12)26-16/h7-10,13H,2-6,11H2,1H3. The quantitative estimate of drug-likeness (QED) is 0.450. The lowest BCUT2D eigenvalue weighted by Gasteiger charge is -2.31. The van der Waals surface area contributed by atoms with Gasteiger partial charge in [0.05, 0.1) is 4.92 Å². The number of non-ortho nitro benzene ring substituents is 1. The van der Waals surface area contributed by atoms with Crippen molar-refractivity contribution in [2.24, 2.45) is 0 Å². The topological polar surface area (TPSA) is 89.8 Å². The van der Waals surface area contributed by atoms with E-state index in [4.69, 9.17) is 4.74 Å². The molecule has 1 amide bonds. The van der Waals surface area contributed by atoms with Gasteiger partial charge in [-0.3, -0.25) is 14.9 Å². The number of carbonyl (C=O) groups excluding carboxylic acids is 2. The molecule has 26 heavy (non-hydrogen) atoms. The number of benzene rings is 1. The summed E-state index contributed by atoms with van der Waals surface area (Å²) in [5, 5.41) is 11.4. The Balaban J connectivity index is 1.61. The number of nitro groups is 1. The van der Waals surface area contributed by atoms with Crippen LogP contribution in [0.25, 0.3) is 10.1 Å². The van der Waals surface area contributed by atoms with Crippen molar-refractivity contribution in [3.63, 3.8) is 0 Å². The summed E-state index contributed by atoms with van der Waals surface area (Å²) in [7, 11) is 1.75. The molecule has 0 radical (unpaired) electrons. The van der Waals surface area contributed by atoms with E-state index >= 15 is 0 Å². The van der Waals surface area contributed by atoms with Crippen LogP contribution < -0.4 is 0 Å². The highest BCUT2D eigenvalue weighted by molar-refractivity contribution is 7.20. The predicted molar refractivity (Wildman–Crippen MR) is 98.4 cm³/mol. The normalized spacial score (nSPS) is 15.0. The number of ether oxygens (including phenoxy) is 1. The number of carbonyl (C=O) groups is 2. The second-order valence-electron chi connectivity index (χ2n) is 6.46. The van der Waals surface area contributed by atoms with Gasteiger partial charge in [-0.1, -0.05) is 19.3 Å². The SMILES string of the molecule is CN(C(=O)COC(=O)c1cc2cc([N+](=O)[O-])ccc2s1)C1CCCCC1. The van der Waals surface area contributed by atoms with Gasteiger partial charge in [0.1, 0.15) is 4.88 Å². The number of fused-ring (bicyclic) bond motifs is 1. The molecule has 138 valence electrons. The average Bonchev–Trinajstić information content (AvgIpc) is 3.09. The van der Waals surface area contributed by atoms with Crippen molar-refractivity contribution in [2.75, 3.05) is 13.7 Å². The molecule has 0 saturated heterocycles. The number of rotatable bonds is 5. The number of nitro benzene ring substituents is 1. The average molecular weight is 376 g/mol. The molecule has 7 nitrogen and oxygen atoms in total. The number of amides is 1. The molecule has 1 aliphatic rings. The molecule has 0 unspecified atom stereocenters. The maximum atomic E-state index is 12.2. The molecule has 2 aromatic rings. The minimum Gasteiger partial charge on any atom is -0.451 e. The molecule has 0 aliphatic heterocycles. The van der Waals surface area contributed by atoms with Crippen LogP contribution in [0.3, 0.4) is 0 Å². The molecule has 1 fully saturated rings. The highest BCUT2D eigenvalue weighted by Gasteiger charge is 2.23. The fourth-order valence-electron chi connectivity index (χ4n) is 3.22. The van der Waals surface area contributed by atoms with E-state index in [2.05, 4.69) is 0 Å². The van der Waals surface area contributed by atoms with Gasteiger partial charge in [0.2, 0.25) is 0 Å². The maximum absolute atomic E-state index is 12.2. The predicted octanol–water partition coefficient (Wildman–Crippen LogP) is 3.76. The number of hydrogen-bond donors (Lipinski definition) is 0. The third-order valence-electron chi connectivity index (χ3n) is 4.75. The summed E-state index contributed by atoms with van der Waals surface area (Å²) in [5.41, 5.74) is -0.0282. The molecular formula is C18H20N2O5S. The van der Waals surface area contributed by atoms with Gasteiger partial charge < -0.3 is 9.64 Å². The van der Waals surface area contributed by atoms with Crippen molar-refractivity contribution in [1.82, 2.24) is 4.90 Å². The van der Waals surface area contributed by atoms with Crippen molar-refractivity contribution in [3.8, 4) is 0 Å². The molecular weight excluding hydrogens is 356 g/mol. The molecule has 1 aliphatic carbocycles. The summed E-state index contributed by atoms with van der Waals surface area (Å²) in [5.74, 6) is -0.791. The zero-order valence-corrected chi connectivity index (χ0v) is 15.3. The van der Waals surface area contributed by atoms with Crippen molar-refractivity contribution in [2.45, 2.75) is 38.1 Å². The van der Waals surface area contributed by atoms with Gasteiger partial charge in [-0.15, -0.1) is 11.3 Å². The van der Waals surface area contributed by atoms with Crippen LogP contribution in [0.5, 0.6) is 0 Å². The van der Waals surface area contributed by atoms with Gasteiger partial charge in [-0.25, -0.2) is 4.79 Å². The van der Waals surface area contributed by atoms with E-state index in [-0.39, 0.29) is 24.2 Å². The molecule has 0 N–H and O–H groups in total. The molecule has 1 heterocycles. The maximum Gasteiger partial charge on any atom is 0.348 e. The summed E-state index contributed by atoms with van der Waals surface area (Å²) in [6.07, 6.45) is 5.43. The third-order valence-corrected chi connectivity index (χ3v) is 5.85. The summed E-state index contributed by atoms with van der Waals surface area (Å²) < 4.78 is 5.91. The lowest BCUT2D eigenvalue weighted by Crippen LogP contribution is -2.40. The van der Waals surface area contributed by atoms with Crippen LogP contribution in [0.15, 0.2) is 24.3 Å². The largest absolute Gasteiger partial charge is 0.451 e. The minimum atomic E-state index is -0.584. The first-order chi connectivity index (χ1) is 12.5. The smallest absolute Gasteiger partial charge is 0.348 e. The molecule has 3 rings (SSSR count). The molecule has 1 aromatic heterocycles. The Hall–Kier alpha value is -2.48. The van der Waals surface area contributed by atoms with Crippen LogP contribution in [0.1, 0.15) is 41.8 Å². The van der Waals surface area contributed by atoms with Crippen molar-refractivity contribution in [1.29, 1.82) is 0 Å². The number of likely N-dealkylation sites (N-methyl/N-ethyl adjacent to an activating group) is 1. The van der Waals surface area contributed by atoms with Crippen LogP contribution in [0.4, 0.5) is 5.69 Å². The lowest BCUT2D eigenvalue weighted by atomic mass is 9.94. The van der Waals surface area contributed by atoms with Crippen LogP contribution in [-0.4, -0.2) is 41.4 Å². The fourth-order valence-corrected chi connectivity index (χ4v) is 4.15. The van der Waals surface area contributed by atoms with Crippen molar-refractivity contribution < 1.29 is 19.2 Å². The number of hydrogen-bond acceptors (Lipinski definition) is 6. The Morgan fingerprint density at radius 3 is 2.69 bits per heavy atom. The molecule has 0 spiro atoms. The van der Waals surface area contributed by atoms with Gasteiger partial charge in [0.15, 0.2) is 6.61 Å². The molecule has 0 atom stereocenters. The first-order valence-corrected chi connectivity index (χ1v) is 9.38. The lowest BCUT2D eigenvalue weighted by molar-refractivity contribution is -0.384. The van der Waals surface area contributed by atoms with Crippen LogP contribution in [0, 0.1) is 10.1 Å². The van der Waals surface area contributed by atoms with E-state index in [0.29, 0.717) is 10.3 Å². The summed E-state index contributed by atoms with van der Waals surface area (Å²) in [4.78, 5) is 36.8. The van der Waals surface area contributed by atoms with E-state index < -0.39 is 10.9 Å². The highest BCUT2D eigenvalue weighted by atomic mass is 32.1. The Bertz CT molecular complexity index is 841.